The Labute approximate surface area is 265 Å². The summed E-state index contributed by atoms with van der Waals surface area (Å²) in [6.07, 6.45) is 34.9. The molecule has 0 radical (unpaired) electrons. The van der Waals surface area contributed by atoms with Crippen molar-refractivity contribution >= 4 is 15.8 Å². The summed E-state index contributed by atoms with van der Waals surface area (Å²) in [7, 11) is 0. The summed E-state index contributed by atoms with van der Waals surface area (Å²) in [5.74, 6) is 0. The molecule has 0 amide bonds. The maximum absolute atomic E-state index is 6.36. The molecule has 0 bridgehead atoms. The van der Waals surface area contributed by atoms with Gasteiger partial charge in [0.15, 0.2) is 0 Å². The number of nitrogens with two attached hydrogens (primary N) is 1. The Morgan fingerprint density at radius 1 is 0.463 bits per heavy atom. The standard InChI is InChI=1S/C26H54P.C12H10N.Pd/c1-3-5-7-8-9-10-11-12-13-14-15-16-17-18-19-20-21-22-23-24-26-27-25-6-4-2;13-12-9-5-4-8-11(12)10-6-2-1-3-7-10;/h3-26H2,1-2H3;1-6,8-9H,13H2;/q-1;;+1. The van der Waals surface area contributed by atoms with E-state index in [0.717, 1.165) is 5.69 Å². The van der Waals surface area contributed by atoms with E-state index in [4.69, 9.17) is 5.73 Å². The number of hydrogen-bond acceptors (Lipinski definition) is 1. The Hall–Kier alpha value is -0.668. The van der Waals surface area contributed by atoms with Gasteiger partial charge in [0.05, 0.1) is 0 Å². The van der Waals surface area contributed by atoms with E-state index in [2.05, 4.69) is 50.2 Å². The van der Waals surface area contributed by atoms with Crippen LogP contribution >= 0.6 is 6.11 Å². The van der Waals surface area contributed by atoms with E-state index in [-0.39, 0.29) is 6.11 Å². The van der Waals surface area contributed by atoms with Crippen LogP contribution in [0.2, 0.25) is 0 Å². The summed E-state index contributed by atoms with van der Waals surface area (Å²) in [5, 5.41) is 0. The van der Waals surface area contributed by atoms with Crippen LogP contribution in [0.5, 0.6) is 0 Å². The first-order chi connectivity index (χ1) is 20.3. The fourth-order valence-electron chi connectivity index (χ4n) is 5.60. The Bertz CT molecular complexity index is 869. The van der Waals surface area contributed by atoms with Crippen molar-refractivity contribution in [3.63, 3.8) is 0 Å². The molecule has 0 fully saturated rings. The second-order valence-electron chi connectivity index (χ2n) is 12.0. The number of anilines is 1. The van der Waals surface area contributed by atoms with Gasteiger partial charge in [-0.3, -0.25) is 0 Å². The normalized spacial score (nSPS) is 12.2. The fraction of sp³-hybridized carbons (Fsp3) is 0.684. The SMILES string of the molecule is CCCCCCCCCCCCCCCCCCCCCC[P](CCCC)[Pd][c]1ccccc1-c1ccccc1N. The minimum absolute atomic E-state index is 0.104. The second kappa shape index (κ2) is 25.8. The average molecular weight is 672 g/mol. The number of unbranched alkanes of at least 4 members (excludes halogenated alkanes) is 20. The zero-order valence-electron chi connectivity index (χ0n) is 26.9. The molecule has 1 unspecified atom stereocenters. The van der Waals surface area contributed by atoms with Crippen LogP contribution in [0.3, 0.4) is 0 Å². The molecule has 2 aromatic carbocycles. The van der Waals surface area contributed by atoms with E-state index in [9.17, 15) is 0 Å². The topological polar surface area (TPSA) is 26.0 Å². The van der Waals surface area contributed by atoms with Gasteiger partial charge in [0.2, 0.25) is 0 Å². The van der Waals surface area contributed by atoms with Crippen LogP contribution in [-0.4, -0.2) is 12.3 Å². The van der Waals surface area contributed by atoms with Gasteiger partial charge in [0.1, 0.15) is 0 Å². The summed E-state index contributed by atoms with van der Waals surface area (Å²) in [6.45, 7) is 4.65. The monoisotopic (exact) mass is 671 g/mol. The summed E-state index contributed by atoms with van der Waals surface area (Å²) in [5.41, 5.74) is 9.84. The second-order valence-corrected chi connectivity index (χ2v) is 18.8. The average Bonchev–Trinajstić information content (AvgIpc) is 2.99. The first kappa shape index (κ1) is 36.5. The van der Waals surface area contributed by atoms with Crippen LogP contribution in [0.4, 0.5) is 5.69 Å². The van der Waals surface area contributed by atoms with Gasteiger partial charge in [0, 0.05) is 0 Å². The van der Waals surface area contributed by atoms with Crippen molar-refractivity contribution in [3.8, 4) is 11.1 Å². The number of rotatable bonds is 27. The Kier molecular flexibility index (Phi) is 23.0. The Morgan fingerprint density at radius 3 is 1.34 bits per heavy atom. The summed E-state index contributed by atoms with van der Waals surface area (Å²) < 4.78 is 1.55. The molecule has 0 aromatic heterocycles. The fourth-order valence-corrected chi connectivity index (χ4v) is 13.0. The van der Waals surface area contributed by atoms with E-state index in [1.54, 1.807) is 4.04 Å². The van der Waals surface area contributed by atoms with Gasteiger partial charge in [-0.1, -0.05) is 71.1 Å². The third kappa shape index (κ3) is 17.9. The van der Waals surface area contributed by atoms with E-state index in [0.29, 0.717) is 17.5 Å². The maximum atomic E-state index is 6.36. The molecule has 0 saturated carbocycles. The van der Waals surface area contributed by atoms with E-state index in [1.165, 1.54) is 165 Å². The molecule has 1 nitrogen and oxygen atoms in total. The first-order valence-corrected chi connectivity index (χ1v) is 22.0. The van der Waals surface area contributed by atoms with Crippen molar-refractivity contribution in [3.05, 3.63) is 48.5 Å². The molecular formula is C38H64NPPd. The third-order valence-electron chi connectivity index (χ3n) is 8.26. The third-order valence-corrected chi connectivity index (χ3v) is 15.5. The van der Waals surface area contributed by atoms with Crippen molar-refractivity contribution in [1.29, 1.82) is 0 Å². The molecule has 2 aromatic rings. The molecule has 1 atom stereocenters. The zero-order chi connectivity index (χ0) is 29.2. The molecular weight excluding hydrogens is 608 g/mol. The number of benzene rings is 2. The predicted octanol–water partition coefficient (Wildman–Crippen LogP) is 12.7. The number of hydrogen-bond donors (Lipinski definition) is 1. The van der Waals surface area contributed by atoms with Crippen molar-refractivity contribution in [2.75, 3.05) is 18.1 Å². The van der Waals surface area contributed by atoms with Crippen molar-refractivity contribution in [2.24, 2.45) is 0 Å². The van der Waals surface area contributed by atoms with Crippen LogP contribution in [0.25, 0.3) is 11.1 Å². The minimum atomic E-state index is 0.104. The first-order valence-electron chi connectivity index (χ1n) is 17.5. The molecule has 236 valence electrons. The van der Waals surface area contributed by atoms with Crippen LogP contribution in [-0.2, 0) is 17.5 Å². The van der Waals surface area contributed by atoms with Gasteiger partial charge in [-0.05, 0) is 0 Å². The van der Waals surface area contributed by atoms with E-state index < -0.39 is 0 Å². The molecule has 0 heterocycles. The summed E-state index contributed by atoms with van der Waals surface area (Å²) in [4.78, 5) is 0. The molecule has 41 heavy (non-hydrogen) atoms. The molecule has 2 rings (SSSR count). The van der Waals surface area contributed by atoms with Gasteiger partial charge in [-0.25, -0.2) is 0 Å². The van der Waals surface area contributed by atoms with Gasteiger partial charge in [-0.15, -0.1) is 0 Å². The molecule has 0 aliphatic rings. The van der Waals surface area contributed by atoms with Crippen LogP contribution in [0, 0.1) is 0 Å². The van der Waals surface area contributed by atoms with Gasteiger partial charge in [-0.2, -0.15) is 0 Å². The molecule has 2 N–H and O–H groups in total. The number of nitrogen functional groups attached to an aromatic ring is 1. The van der Waals surface area contributed by atoms with Crippen molar-refractivity contribution < 1.29 is 17.5 Å². The van der Waals surface area contributed by atoms with Gasteiger partial charge in [0.25, 0.3) is 0 Å². The predicted molar refractivity (Wildman–Crippen MR) is 186 cm³/mol. The number of para-hydroxylation sites is 1. The van der Waals surface area contributed by atoms with Crippen LogP contribution in [0.15, 0.2) is 48.5 Å². The molecule has 0 aliphatic carbocycles. The van der Waals surface area contributed by atoms with Gasteiger partial charge >= 0.3 is 195 Å². The van der Waals surface area contributed by atoms with Crippen LogP contribution < -0.4 is 9.77 Å². The van der Waals surface area contributed by atoms with Crippen molar-refractivity contribution in [2.45, 2.75) is 155 Å². The zero-order valence-corrected chi connectivity index (χ0v) is 29.4. The van der Waals surface area contributed by atoms with Gasteiger partial charge < -0.3 is 0 Å². The Morgan fingerprint density at radius 2 is 0.854 bits per heavy atom. The molecule has 0 spiro atoms. The molecule has 0 aliphatic heterocycles. The quantitative estimate of drug-likeness (QED) is 0.0435. The Balaban J connectivity index is 1.49. The van der Waals surface area contributed by atoms with Crippen molar-refractivity contribution in [1.82, 2.24) is 0 Å². The van der Waals surface area contributed by atoms with Crippen LogP contribution in [0.1, 0.15) is 155 Å². The molecule has 3 heteroatoms. The summed E-state index contributed by atoms with van der Waals surface area (Å²) in [6, 6.07) is 17.4. The van der Waals surface area contributed by atoms with E-state index in [1.807, 2.05) is 12.1 Å². The van der Waals surface area contributed by atoms with E-state index >= 15 is 0 Å². The summed E-state index contributed by atoms with van der Waals surface area (Å²) >= 11 is 0.703. The molecule has 0 saturated heterocycles.